The highest BCUT2D eigenvalue weighted by Gasteiger charge is 2.35. The van der Waals surface area contributed by atoms with Crippen molar-refractivity contribution in [2.75, 3.05) is 26.2 Å². The van der Waals surface area contributed by atoms with Gasteiger partial charge >= 0.3 is 15.4 Å². The van der Waals surface area contributed by atoms with E-state index in [1.54, 1.807) is 20.3 Å². The quantitative estimate of drug-likeness (QED) is 0.196. The van der Waals surface area contributed by atoms with Gasteiger partial charge in [0.15, 0.2) is 16.6 Å². The number of carbonyl (C=O) groups is 1. The van der Waals surface area contributed by atoms with Gasteiger partial charge in [0.2, 0.25) is 0 Å². The van der Waals surface area contributed by atoms with Crippen molar-refractivity contribution in [1.29, 1.82) is 0 Å². The van der Waals surface area contributed by atoms with Crippen molar-refractivity contribution < 1.29 is 22.2 Å². The number of benzene rings is 1. The number of carbonyl (C=O) groups excluding carboxylic acids is 1. The van der Waals surface area contributed by atoms with Gasteiger partial charge in [0.25, 0.3) is 0 Å². The zero-order valence-corrected chi connectivity index (χ0v) is 24.8. The molecule has 0 saturated carbocycles. The van der Waals surface area contributed by atoms with E-state index in [0.29, 0.717) is 5.69 Å². The number of nitrogens with zero attached hydrogens (tertiary/aromatic N) is 1. The van der Waals surface area contributed by atoms with Gasteiger partial charge in [-0.1, -0.05) is 42.9 Å². The third-order valence-corrected chi connectivity index (χ3v) is 18.8. The first-order chi connectivity index (χ1) is 14.2. The Kier molecular flexibility index (Phi) is 11.0. The fourth-order valence-corrected chi connectivity index (χ4v) is 19.3. The summed E-state index contributed by atoms with van der Waals surface area (Å²) in [6, 6.07) is 12.1. The molecule has 0 heterocycles. The van der Waals surface area contributed by atoms with Crippen molar-refractivity contribution in [2.45, 2.75) is 69.9 Å². The fourth-order valence-electron chi connectivity index (χ4n) is 3.79. The summed E-state index contributed by atoms with van der Waals surface area (Å²) in [5, 5.41) is 1.24. The predicted octanol–water partition coefficient (Wildman–Crippen LogP) is 5.73. The molecule has 1 aromatic carbocycles. The van der Waals surface area contributed by atoms with E-state index in [9.17, 15) is 9.18 Å². The highest BCUT2D eigenvalue weighted by molar-refractivity contribution is 6.92. The Hall–Kier alpha value is -0.632. The lowest BCUT2D eigenvalue weighted by molar-refractivity contribution is 0.229. The molecule has 10 heteroatoms. The van der Waals surface area contributed by atoms with Crippen LogP contribution in [-0.4, -0.2) is 61.4 Å². The Morgan fingerprint density at radius 1 is 1.00 bits per heavy atom. The van der Waals surface area contributed by atoms with E-state index < -0.39 is 40.2 Å². The van der Waals surface area contributed by atoms with Gasteiger partial charge in [-0.15, -0.1) is 4.39 Å². The van der Waals surface area contributed by atoms with Gasteiger partial charge in [0, 0.05) is 27.0 Å². The summed E-state index contributed by atoms with van der Waals surface area (Å²) in [5.74, 6) is 0. The lowest BCUT2D eigenvalue weighted by Crippen LogP contribution is -2.47. The van der Waals surface area contributed by atoms with Crippen LogP contribution < -0.4 is 10.1 Å². The van der Waals surface area contributed by atoms with Gasteiger partial charge in [-0.05, 0) is 56.5 Å². The molecule has 0 aliphatic rings. The van der Waals surface area contributed by atoms with E-state index >= 15 is 0 Å². The Bertz CT molecular complexity index is 714. The van der Waals surface area contributed by atoms with Crippen LogP contribution in [0.15, 0.2) is 24.3 Å². The standard InChI is InChI=1S/C21H41FNO4Si4/c1-23(21(22)24)19-12-10-13-20(18-19)29(4,5)16-17-31(8,9)27-30(6,7)15-11-14-28(25-2)26-3/h10,12-13,18H,11,14-17H2,1-9H3. The van der Waals surface area contributed by atoms with Crippen molar-refractivity contribution in [3.05, 3.63) is 24.3 Å². The van der Waals surface area contributed by atoms with Crippen molar-refractivity contribution in [2.24, 2.45) is 0 Å². The topological polar surface area (TPSA) is 48.0 Å². The number of rotatable bonds is 13. The van der Waals surface area contributed by atoms with Crippen LogP contribution in [0.25, 0.3) is 0 Å². The molecule has 1 aromatic rings. The van der Waals surface area contributed by atoms with Crippen LogP contribution >= 0.6 is 0 Å². The summed E-state index contributed by atoms with van der Waals surface area (Å²) >= 11 is 0. The summed E-state index contributed by atoms with van der Waals surface area (Å²) in [6.45, 7) is 14.0. The molecule has 0 bridgehead atoms. The summed E-state index contributed by atoms with van der Waals surface area (Å²) in [4.78, 5) is 12.2. The third kappa shape index (κ3) is 9.80. The Labute approximate surface area is 193 Å². The number of hydrogen-bond donors (Lipinski definition) is 0. The largest absolute Gasteiger partial charge is 0.456 e. The first-order valence-corrected chi connectivity index (χ1v) is 21.9. The second kappa shape index (κ2) is 12.0. The molecular formula is C21H41FNO4Si4. The minimum atomic E-state index is -1.81. The molecule has 177 valence electrons. The third-order valence-electron chi connectivity index (χ3n) is 5.80. The molecule has 1 radical (unpaired) electrons. The maximum absolute atomic E-state index is 13.1. The van der Waals surface area contributed by atoms with Crippen molar-refractivity contribution >= 4 is 51.0 Å². The van der Waals surface area contributed by atoms with Gasteiger partial charge in [-0.3, -0.25) is 4.90 Å². The molecule has 31 heavy (non-hydrogen) atoms. The minimum Gasteiger partial charge on any atom is -0.456 e. The van der Waals surface area contributed by atoms with Crippen LogP contribution in [0, 0.1) is 0 Å². The van der Waals surface area contributed by atoms with Gasteiger partial charge < -0.3 is 13.0 Å². The molecule has 0 aromatic heterocycles. The lowest BCUT2D eigenvalue weighted by atomic mass is 10.3. The highest BCUT2D eigenvalue weighted by atomic mass is 28.4. The van der Waals surface area contributed by atoms with Crippen molar-refractivity contribution in [3.8, 4) is 0 Å². The highest BCUT2D eigenvalue weighted by Crippen LogP contribution is 2.28. The average Bonchev–Trinajstić information content (AvgIpc) is 2.68. The van der Waals surface area contributed by atoms with Gasteiger partial charge in [0.05, 0.1) is 8.07 Å². The van der Waals surface area contributed by atoms with Crippen LogP contribution in [0.2, 0.25) is 63.5 Å². The number of halogens is 1. The summed E-state index contributed by atoms with van der Waals surface area (Å²) in [7, 11) is -1.51. The summed E-state index contributed by atoms with van der Waals surface area (Å²) in [5.41, 5.74) is 0.611. The molecule has 5 nitrogen and oxygen atoms in total. The van der Waals surface area contributed by atoms with E-state index in [1.165, 1.54) is 12.2 Å². The minimum absolute atomic E-state index is 0.611. The molecule has 0 saturated heterocycles. The number of anilines is 1. The molecule has 0 N–H and O–H groups in total. The summed E-state index contributed by atoms with van der Waals surface area (Å²) in [6.07, 6.45) is -0.344. The molecule has 0 aliphatic carbocycles. The van der Waals surface area contributed by atoms with Gasteiger partial charge in [-0.25, -0.2) is 4.79 Å². The molecule has 0 fully saturated rings. The Balaban J connectivity index is 2.72. The zero-order valence-electron chi connectivity index (χ0n) is 20.8. The van der Waals surface area contributed by atoms with Crippen LogP contribution in [0.1, 0.15) is 6.42 Å². The monoisotopic (exact) mass is 502 g/mol. The molecular weight excluding hydrogens is 462 g/mol. The normalized spacial score (nSPS) is 13.0. The molecule has 1 rings (SSSR count). The van der Waals surface area contributed by atoms with Crippen molar-refractivity contribution in [1.82, 2.24) is 0 Å². The molecule has 0 spiro atoms. The molecule has 0 unspecified atom stereocenters. The van der Waals surface area contributed by atoms with E-state index in [4.69, 9.17) is 13.0 Å². The van der Waals surface area contributed by atoms with Crippen molar-refractivity contribution in [3.63, 3.8) is 0 Å². The molecule has 1 amide bonds. The molecule has 0 aliphatic heterocycles. The van der Waals surface area contributed by atoms with E-state index in [2.05, 4.69) is 45.3 Å². The number of amides is 1. The van der Waals surface area contributed by atoms with Crippen LogP contribution in [0.5, 0.6) is 0 Å². The van der Waals surface area contributed by atoms with Gasteiger partial charge in [-0.2, -0.15) is 0 Å². The first kappa shape index (κ1) is 28.4. The maximum Gasteiger partial charge on any atom is 0.404 e. The molecule has 0 atom stereocenters. The fraction of sp³-hybridized carbons (Fsp3) is 0.667. The Morgan fingerprint density at radius 2 is 1.58 bits per heavy atom. The SMILES string of the molecule is CO[Si](CCC[Si](C)(C)O[Si](C)(C)CC[Si](C)(C)c1cccc(N(C)C(=O)F)c1)OC. The zero-order chi connectivity index (χ0) is 23.9. The van der Waals surface area contributed by atoms with Gasteiger partial charge in [0.1, 0.15) is 0 Å². The number of hydrogen-bond acceptors (Lipinski definition) is 4. The van der Waals surface area contributed by atoms with E-state index in [-0.39, 0.29) is 0 Å². The van der Waals surface area contributed by atoms with Crippen LogP contribution in [0.4, 0.5) is 14.9 Å². The smallest absolute Gasteiger partial charge is 0.404 e. The summed E-state index contributed by atoms with van der Waals surface area (Å²) < 4.78 is 30.7. The van der Waals surface area contributed by atoms with E-state index in [0.717, 1.165) is 35.5 Å². The maximum atomic E-state index is 13.1. The van der Waals surface area contributed by atoms with E-state index in [1.807, 2.05) is 12.1 Å². The second-order valence-corrected chi connectivity index (χ2v) is 25.8. The lowest BCUT2D eigenvalue weighted by Gasteiger charge is -2.36. The second-order valence-electron chi connectivity index (χ2n) is 10.0. The Morgan fingerprint density at radius 3 is 2.13 bits per heavy atom. The van der Waals surface area contributed by atoms with Crippen LogP contribution in [-0.2, 0) is 13.0 Å². The predicted molar refractivity (Wildman–Crippen MR) is 138 cm³/mol. The first-order valence-electron chi connectivity index (χ1n) is 10.9. The van der Waals surface area contributed by atoms with Crippen LogP contribution in [0.3, 0.4) is 0 Å². The average molecular weight is 503 g/mol.